The molecular formula is C13H20. The third-order valence-electron chi connectivity index (χ3n) is 3.03. The van der Waals surface area contributed by atoms with Crippen LogP contribution in [0.5, 0.6) is 0 Å². The van der Waals surface area contributed by atoms with Crippen LogP contribution in [-0.4, -0.2) is 0 Å². The van der Waals surface area contributed by atoms with Gasteiger partial charge in [-0.15, -0.1) is 0 Å². The summed E-state index contributed by atoms with van der Waals surface area (Å²) < 4.78 is 0. The van der Waals surface area contributed by atoms with Crippen molar-refractivity contribution >= 4 is 0 Å². The molecule has 1 aliphatic carbocycles. The number of hydrogen-bond acceptors (Lipinski definition) is 0. The largest absolute Gasteiger partial charge is 0.0998 e. The van der Waals surface area contributed by atoms with Crippen LogP contribution in [0.2, 0.25) is 0 Å². The fourth-order valence-electron chi connectivity index (χ4n) is 2.04. The molecule has 1 saturated carbocycles. The van der Waals surface area contributed by atoms with Crippen LogP contribution in [0.1, 0.15) is 33.1 Å². The fraction of sp³-hybridized carbons (Fsp3) is 0.538. The average molecular weight is 176 g/mol. The van der Waals surface area contributed by atoms with Crippen molar-refractivity contribution in [1.82, 2.24) is 0 Å². The fourth-order valence-corrected chi connectivity index (χ4v) is 2.04. The van der Waals surface area contributed by atoms with Crippen LogP contribution in [0.15, 0.2) is 36.5 Å². The predicted molar refractivity (Wildman–Crippen MR) is 59.6 cm³/mol. The summed E-state index contributed by atoms with van der Waals surface area (Å²) in [7, 11) is 0. The Morgan fingerprint density at radius 2 is 1.46 bits per heavy atom. The molecule has 0 aromatic rings. The van der Waals surface area contributed by atoms with Gasteiger partial charge in [0.2, 0.25) is 0 Å². The third kappa shape index (κ3) is 2.58. The van der Waals surface area contributed by atoms with E-state index in [-0.39, 0.29) is 0 Å². The molecule has 0 aliphatic heterocycles. The Morgan fingerprint density at radius 1 is 1.08 bits per heavy atom. The second kappa shape index (κ2) is 3.95. The van der Waals surface area contributed by atoms with Crippen molar-refractivity contribution < 1.29 is 0 Å². The minimum Gasteiger partial charge on any atom is -0.0998 e. The van der Waals surface area contributed by atoms with Crippen molar-refractivity contribution in [2.24, 2.45) is 11.8 Å². The molecule has 1 aliphatic rings. The lowest BCUT2D eigenvalue weighted by atomic mass is 9.74. The average Bonchev–Trinajstić information content (AvgIpc) is 2.03. The Bertz CT molecular complexity index is 221. The maximum absolute atomic E-state index is 4.10. The van der Waals surface area contributed by atoms with Gasteiger partial charge in [0.25, 0.3) is 0 Å². The van der Waals surface area contributed by atoms with Gasteiger partial charge in [-0.05, 0) is 44.9 Å². The molecule has 0 N–H and O–H groups in total. The molecule has 2 atom stereocenters. The molecule has 0 amide bonds. The van der Waals surface area contributed by atoms with Gasteiger partial charge in [0.05, 0.1) is 0 Å². The lowest BCUT2D eigenvalue weighted by Gasteiger charge is -2.31. The molecule has 0 heteroatoms. The Hall–Kier alpha value is -0.780. The van der Waals surface area contributed by atoms with Gasteiger partial charge in [-0.3, -0.25) is 0 Å². The molecule has 1 fully saturated rings. The zero-order valence-electron chi connectivity index (χ0n) is 8.90. The second-order valence-corrected chi connectivity index (χ2v) is 4.48. The number of rotatable bonds is 2. The summed E-state index contributed by atoms with van der Waals surface area (Å²) in [6.07, 6.45) is 3.50. The lowest BCUT2D eigenvalue weighted by Crippen LogP contribution is -2.18. The molecule has 0 aromatic heterocycles. The number of allylic oxidation sites excluding steroid dienone is 3. The number of hydrogen-bond donors (Lipinski definition) is 0. The molecule has 72 valence electrons. The lowest BCUT2D eigenvalue weighted by molar-refractivity contribution is 0.391. The zero-order chi connectivity index (χ0) is 10.0. The summed E-state index contributed by atoms with van der Waals surface area (Å²) in [5.74, 6) is 1.28. The highest BCUT2D eigenvalue weighted by atomic mass is 14.3. The molecule has 0 bridgehead atoms. The molecule has 0 nitrogen and oxygen atoms in total. The summed E-state index contributed by atoms with van der Waals surface area (Å²) in [6.45, 7) is 16.4. The van der Waals surface area contributed by atoms with Crippen LogP contribution >= 0.6 is 0 Å². The molecule has 13 heavy (non-hydrogen) atoms. The highest BCUT2D eigenvalue weighted by Gasteiger charge is 2.24. The van der Waals surface area contributed by atoms with E-state index in [0.717, 1.165) is 12.8 Å². The van der Waals surface area contributed by atoms with Crippen LogP contribution in [0.25, 0.3) is 0 Å². The van der Waals surface area contributed by atoms with Crippen LogP contribution in [0.4, 0.5) is 0 Å². The maximum Gasteiger partial charge on any atom is -0.0166 e. The van der Waals surface area contributed by atoms with Crippen molar-refractivity contribution in [3.8, 4) is 0 Å². The summed E-state index contributed by atoms with van der Waals surface area (Å²) in [5, 5.41) is 0. The van der Waals surface area contributed by atoms with Crippen molar-refractivity contribution in [2.45, 2.75) is 33.1 Å². The van der Waals surface area contributed by atoms with Crippen molar-refractivity contribution in [3.63, 3.8) is 0 Å². The monoisotopic (exact) mass is 176 g/mol. The van der Waals surface area contributed by atoms with Crippen molar-refractivity contribution in [2.75, 3.05) is 0 Å². The van der Waals surface area contributed by atoms with Gasteiger partial charge in [-0.2, -0.15) is 0 Å². The first-order valence-corrected chi connectivity index (χ1v) is 4.98. The quantitative estimate of drug-likeness (QED) is 0.555. The highest BCUT2D eigenvalue weighted by molar-refractivity contribution is 5.15. The highest BCUT2D eigenvalue weighted by Crippen LogP contribution is 2.38. The van der Waals surface area contributed by atoms with E-state index >= 15 is 0 Å². The van der Waals surface area contributed by atoms with E-state index < -0.39 is 0 Å². The normalized spacial score (nSPS) is 28.6. The van der Waals surface area contributed by atoms with Gasteiger partial charge in [-0.25, -0.2) is 0 Å². The summed E-state index contributed by atoms with van der Waals surface area (Å²) in [5.41, 5.74) is 3.96. The van der Waals surface area contributed by atoms with Gasteiger partial charge in [0.15, 0.2) is 0 Å². The van der Waals surface area contributed by atoms with E-state index in [2.05, 4.69) is 33.6 Å². The molecule has 0 radical (unpaired) electrons. The van der Waals surface area contributed by atoms with E-state index in [1.165, 1.54) is 23.1 Å². The molecule has 0 aromatic carbocycles. The van der Waals surface area contributed by atoms with E-state index in [0.29, 0.717) is 11.8 Å². The second-order valence-electron chi connectivity index (χ2n) is 4.48. The standard InChI is InChI=1S/C13H20/c1-9(2)12-6-11(5)7-13(8-12)10(3)4/h12-13H,1,3,5-8H2,2,4H3. The zero-order valence-corrected chi connectivity index (χ0v) is 8.90. The first kappa shape index (κ1) is 10.3. The first-order chi connectivity index (χ1) is 6.00. The van der Waals surface area contributed by atoms with Crippen LogP contribution < -0.4 is 0 Å². The summed E-state index contributed by atoms with van der Waals surface area (Å²) >= 11 is 0. The summed E-state index contributed by atoms with van der Waals surface area (Å²) in [4.78, 5) is 0. The smallest absolute Gasteiger partial charge is 0.0166 e. The van der Waals surface area contributed by atoms with Gasteiger partial charge < -0.3 is 0 Å². The van der Waals surface area contributed by atoms with Gasteiger partial charge >= 0.3 is 0 Å². The molecule has 0 saturated heterocycles. The summed E-state index contributed by atoms with van der Waals surface area (Å²) in [6, 6.07) is 0. The van der Waals surface area contributed by atoms with E-state index in [9.17, 15) is 0 Å². The van der Waals surface area contributed by atoms with E-state index in [1.807, 2.05) is 0 Å². The third-order valence-corrected chi connectivity index (χ3v) is 3.03. The van der Waals surface area contributed by atoms with Crippen LogP contribution in [-0.2, 0) is 0 Å². The van der Waals surface area contributed by atoms with Gasteiger partial charge in [-0.1, -0.05) is 36.5 Å². The molecular weight excluding hydrogens is 156 g/mol. The first-order valence-electron chi connectivity index (χ1n) is 4.98. The Kier molecular flexibility index (Phi) is 3.13. The topological polar surface area (TPSA) is 0 Å². The van der Waals surface area contributed by atoms with Crippen LogP contribution in [0, 0.1) is 11.8 Å². The Morgan fingerprint density at radius 3 is 1.77 bits per heavy atom. The molecule has 2 unspecified atom stereocenters. The maximum atomic E-state index is 4.10. The predicted octanol–water partition coefficient (Wildman–Crippen LogP) is 4.11. The van der Waals surface area contributed by atoms with Crippen LogP contribution in [0.3, 0.4) is 0 Å². The molecule has 1 rings (SSSR count). The van der Waals surface area contributed by atoms with E-state index in [4.69, 9.17) is 0 Å². The Labute approximate surface area is 82.0 Å². The minimum absolute atomic E-state index is 0.642. The van der Waals surface area contributed by atoms with Crippen molar-refractivity contribution in [1.29, 1.82) is 0 Å². The van der Waals surface area contributed by atoms with Crippen molar-refractivity contribution in [3.05, 3.63) is 36.5 Å². The molecule has 0 spiro atoms. The SMILES string of the molecule is C=C1CC(C(=C)C)CC(C(=C)C)C1. The molecule has 0 heterocycles. The minimum atomic E-state index is 0.642. The van der Waals surface area contributed by atoms with Gasteiger partial charge in [0, 0.05) is 0 Å². The Balaban J connectivity index is 2.68. The van der Waals surface area contributed by atoms with E-state index in [1.54, 1.807) is 0 Å². The van der Waals surface area contributed by atoms with Gasteiger partial charge in [0.1, 0.15) is 0 Å².